The molecule has 76 valence electrons. The van der Waals surface area contributed by atoms with Gasteiger partial charge in [0.2, 0.25) is 0 Å². The van der Waals surface area contributed by atoms with Crippen LogP contribution < -0.4 is 0 Å². The molecule has 1 unspecified atom stereocenters. The van der Waals surface area contributed by atoms with E-state index >= 15 is 0 Å². The minimum absolute atomic E-state index is 0.497. The molecule has 15 heavy (non-hydrogen) atoms. The van der Waals surface area contributed by atoms with Gasteiger partial charge in [-0.1, -0.05) is 66.2 Å². The van der Waals surface area contributed by atoms with Gasteiger partial charge in [0.15, 0.2) is 5.63 Å². The molecule has 0 aromatic heterocycles. The van der Waals surface area contributed by atoms with Crippen LogP contribution in [0.3, 0.4) is 0 Å². The summed E-state index contributed by atoms with van der Waals surface area (Å²) in [6.45, 7) is 0. The van der Waals surface area contributed by atoms with Crippen molar-refractivity contribution in [3.63, 3.8) is 0 Å². The van der Waals surface area contributed by atoms with Crippen LogP contribution in [-0.4, -0.2) is 0 Å². The normalized spacial score (nSPS) is 12.4. The van der Waals surface area contributed by atoms with E-state index in [0.717, 1.165) is 11.1 Å². The summed E-state index contributed by atoms with van der Waals surface area (Å²) in [7, 11) is 0. The zero-order valence-electron chi connectivity index (χ0n) is 8.03. The summed E-state index contributed by atoms with van der Waals surface area (Å²) in [5, 5.41) is 0. The van der Waals surface area contributed by atoms with Gasteiger partial charge in [-0.25, -0.2) is 4.39 Å². The number of benzene rings is 2. The summed E-state index contributed by atoms with van der Waals surface area (Å²) in [6, 6.07) is 17.1. The van der Waals surface area contributed by atoms with Crippen LogP contribution >= 0.6 is 11.6 Å². The van der Waals surface area contributed by atoms with Gasteiger partial charge in [-0.3, -0.25) is 0 Å². The molecular formula is C13H10ClF. The summed E-state index contributed by atoms with van der Waals surface area (Å²) in [4.78, 5) is 0. The number of hydrogen-bond donors (Lipinski definition) is 0. The lowest BCUT2D eigenvalue weighted by atomic mass is 10.0. The quantitative estimate of drug-likeness (QED) is 0.651. The van der Waals surface area contributed by atoms with Gasteiger partial charge >= 0.3 is 0 Å². The molecule has 0 saturated heterocycles. The fourth-order valence-electron chi connectivity index (χ4n) is 1.45. The van der Waals surface area contributed by atoms with Crippen LogP contribution in [0.4, 0.5) is 4.39 Å². The van der Waals surface area contributed by atoms with Gasteiger partial charge in [0.25, 0.3) is 0 Å². The SMILES string of the molecule is FC(Cl)c1ccc(-c2ccccc2)cc1. The first-order valence-corrected chi connectivity index (χ1v) is 5.14. The standard InChI is InChI=1S/C13H10ClF/c14-13(15)12-8-6-11(7-9-12)10-4-2-1-3-5-10/h1-9,13H. The van der Waals surface area contributed by atoms with E-state index in [9.17, 15) is 4.39 Å². The Morgan fingerprint density at radius 1 is 0.800 bits per heavy atom. The van der Waals surface area contributed by atoms with Gasteiger partial charge in [-0.15, -0.1) is 0 Å². The monoisotopic (exact) mass is 220 g/mol. The largest absolute Gasteiger partial charge is 0.225 e. The van der Waals surface area contributed by atoms with Crippen LogP contribution in [0, 0.1) is 0 Å². The third kappa shape index (κ3) is 2.37. The Balaban J connectivity index is 2.32. The third-order valence-electron chi connectivity index (χ3n) is 2.27. The average molecular weight is 221 g/mol. The van der Waals surface area contributed by atoms with Crippen molar-refractivity contribution >= 4 is 11.6 Å². The van der Waals surface area contributed by atoms with Crippen molar-refractivity contribution in [3.05, 3.63) is 60.2 Å². The Morgan fingerprint density at radius 2 is 1.33 bits per heavy atom. The average Bonchev–Trinajstić information content (AvgIpc) is 2.30. The molecule has 0 fully saturated rings. The topological polar surface area (TPSA) is 0 Å². The molecule has 0 aliphatic rings. The first-order valence-electron chi connectivity index (χ1n) is 4.71. The van der Waals surface area contributed by atoms with Crippen LogP contribution in [0.5, 0.6) is 0 Å². The van der Waals surface area contributed by atoms with E-state index in [0.29, 0.717) is 5.56 Å². The van der Waals surface area contributed by atoms with Crippen molar-refractivity contribution in [2.45, 2.75) is 5.63 Å². The summed E-state index contributed by atoms with van der Waals surface area (Å²) in [5.74, 6) is 0. The van der Waals surface area contributed by atoms with E-state index in [1.807, 2.05) is 42.5 Å². The maximum Gasteiger partial charge on any atom is 0.198 e. The smallest absolute Gasteiger partial charge is 0.198 e. The van der Waals surface area contributed by atoms with Crippen molar-refractivity contribution in [1.29, 1.82) is 0 Å². The second-order valence-electron chi connectivity index (χ2n) is 3.29. The molecule has 0 heterocycles. The summed E-state index contributed by atoms with van der Waals surface area (Å²) >= 11 is 5.33. The van der Waals surface area contributed by atoms with E-state index < -0.39 is 5.63 Å². The second-order valence-corrected chi connectivity index (χ2v) is 3.67. The number of hydrogen-bond acceptors (Lipinski definition) is 0. The van der Waals surface area contributed by atoms with Gasteiger partial charge in [0.05, 0.1) is 0 Å². The lowest BCUT2D eigenvalue weighted by Gasteiger charge is -2.03. The fourth-order valence-corrected chi connectivity index (χ4v) is 1.60. The highest BCUT2D eigenvalue weighted by molar-refractivity contribution is 6.19. The summed E-state index contributed by atoms with van der Waals surface area (Å²) in [5.41, 5.74) is 1.26. The molecule has 2 aromatic carbocycles. The Morgan fingerprint density at radius 3 is 1.87 bits per heavy atom. The Kier molecular flexibility index (Phi) is 3.02. The minimum Gasteiger partial charge on any atom is -0.225 e. The maximum atomic E-state index is 12.7. The number of rotatable bonds is 2. The molecule has 0 N–H and O–H groups in total. The van der Waals surface area contributed by atoms with Gasteiger partial charge in [0, 0.05) is 5.56 Å². The molecular weight excluding hydrogens is 211 g/mol. The van der Waals surface area contributed by atoms with E-state index in [-0.39, 0.29) is 0 Å². The van der Waals surface area contributed by atoms with Gasteiger partial charge in [-0.05, 0) is 11.1 Å². The maximum absolute atomic E-state index is 12.7. The molecule has 0 spiro atoms. The van der Waals surface area contributed by atoms with Gasteiger partial charge in [-0.2, -0.15) is 0 Å². The van der Waals surface area contributed by atoms with Crippen LogP contribution in [0.1, 0.15) is 11.2 Å². The summed E-state index contributed by atoms with van der Waals surface area (Å²) in [6.07, 6.45) is 0. The molecule has 2 rings (SSSR count). The van der Waals surface area contributed by atoms with E-state index in [1.54, 1.807) is 12.1 Å². The number of halogens is 2. The Bertz CT molecular complexity index is 420. The first-order chi connectivity index (χ1) is 7.27. The van der Waals surface area contributed by atoms with Crippen LogP contribution in [0.15, 0.2) is 54.6 Å². The van der Waals surface area contributed by atoms with E-state index in [1.165, 1.54) is 0 Å². The molecule has 0 nitrogen and oxygen atoms in total. The first kappa shape index (κ1) is 10.2. The minimum atomic E-state index is -1.42. The van der Waals surface area contributed by atoms with Crippen molar-refractivity contribution < 1.29 is 4.39 Å². The molecule has 0 aliphatic carbocycles. The zero-order chi connectivity index (χ0) is 10.7. The molecule has 0 aliphatic heterocycles. The molecule has 1 atom stereocenters. The zero-order valence-corrected chi connectivity index (χ0v) is 8.79. The van der Waals surface area contributed by atoms with Gasteiger partial charge < -0.3 is 0 Å². The van der Waals surface area contributed by atoms with Crippen LogP contribution in [0.25, 0.3) is 11.1 Å². The lowest BCUT2D eigenvalue weighted by molar-refractivity contribution is 0.460. The Labute approximate surface area is 93.3 Å². The highest BCUT2D eigenvalue weighted by atomic mass is 35.5. The highest BCUT2D eigenvalue weighted by Crippen LogP contribution is 2.25. The number of alkyl halides is 2. The van der Waals surface area contributed by atoms with E-state index in [4.69, 9.17) is 11.6 Å². The predicted molar refractivity (Wildman–Crippen MR) is 61.6 cm³/mol. The van der Waals surface area contributed by atoms with Crippen LogP contribution in [-0.2, 0) is 0 Å². The fraction of sp³-hybridized carbons (Fsp3) is 0.0769. The second kappa shape index (κ2) is 4.45. The third-order valence-corrected chi connectivity index (χ3v) is 2.52. The van der Waals surface area contributed by atoms with E-state index in [2.05, 4.69) is 0 Å². The molecule has 2 aromatic rings. The van der Waals surface area contributed by atoms with Crippen molar-refractivity contribution in [2.24, 2.45) is 0 Å². The molecule has 0 saturated carbocycles. The predicted octanol–water partition coefficient (Wildman–Crippen LogP) is 4.56. The van der Waals surface area contributed by atoms with Crippen molar-refractivity contribution in [2.75, 3.05) is 0 Å². The van der Waals surface area contributed by atoms with Crippen LogP contribution in [0.2, 0.25) is 0 Å². The molecule has 0 bridgehead atoms. The molecule has 0 amide bonds. The highest BCUT2D eigenvalue weighted by Gasteiger charge is 2.04. The van der Waals surface area contributed by atoms with Crippen molar-refractivity contribution in [1.82, 2.24) is 0 Å². The molecule has 2 heteroatoms. The molecule has 0 radical (unpaired) electrons. The van der Waals surface area contributed by atoms with Crippen molar-refractivity contribution in [3.8, 4) is 11.1 Å². The van der Waals surface area contributed by atoms with Gasteiger partial charge in [0.1, 0.15) is 0 Å². The summed E-state index contributed by atoms with van der Waals surface area (Å²) < 4.78 is 12.7. The Hall–Kier alpha value is -1.34. The lowest BCUT2D eigenvalue weighted by Crippen LogP contribution is -1.82.